The maximum atomic E-state index is 12.4. The standard InChI is InChI=1S/C26H20BrN3O3S/c1-33-20-10-7-17(8-11-20)22-15-21(16-5-3-2-4-6-16)29-30(22)25-24(34-26(32)28-25)14-18-13-19(27)9-12-23(18)31/h2-14,22,31H,15H2,1H3/b24-14-. The summed E-state index contributed by atoms with van der Waals surface area (Å²) in [4.78, 5) is 17.4. The molecule has 1 N–H and O–H groups in total. The van der Waals surface area contributed by atoms with Crippen LogP contribution in [0.3, 0.4) is 0 Å². The van der Waals surface area contributed by atoms with Crippen molar-refractivity contribution in [1.82, 2.24) is 5.01 Å². The third kappa shape index (κ3) is 4.51. The molecule has 0 aromatic heterocycles. The minimum Gasteiger partial charge on any atom is -0.507 e. The average molecular weight is 534 g/mol. The van der Waals surface area contributed by atoms with Crippen LogP contribution in [0.2, 0.25) is 0 Å². The molecule has 0 saturated carbocycles. The second-order valence-electron chi connectivity index (χ2n) is 7.77. The van der Waals surface area contributed by atoms with Crippen LogP contribution in [-0.4, -0.2) is 34.0 Å². The van der Waals surface area contributed by atoms with E-state index in [1.54, 1.807) is 31.4 Å². The van der Waals surface area contributed by atoms with Crippen molar-refractivity contribution in [3.05, 3.63) is 98.9 Å². The molecule has 1 atom stereocenters. The maximum Gasteiger partial charge on any atom is 0.311 e. The van der Waals surface area contributed by atoms with Crippen LogP contribution in [0.25, 0.3) is 6.08 Å². The van der Waals surface area contributed by atoms with Crippen molar-refractivity contribution in [2.75, 3.05) is 7.11 Å². The van der Waals surface area contributed by atoms with Crippen molar-refractivity contribution >= 4 is 50.6 Å². The van der Waals surface area contributed by atoms with Crippen LogP contribution in [-0.2, 0) is 0 Å². The van der Waals surface area contributed by atoms with Gasteiger partial charge in [-0.3, -0.25) is 4.79 Å². The van der Waals surface area contributed by atoms with E-state index >= 15 is 0 Å². The molecule has 8 heteroatoms. The molecule has 1 amide bonds. The number of methoxy groups -OCH3 is 1. The van der Waals surface area contributed by atoms with Gasteiger partial charge in [-0.15, -0.1) is 0 Å². The minimum atomic E-state index is -0.312. The number of aromatic hydroxyl groups is 1. The molecule has 0 aliphatic carbocycles. The molecule has 0 saturated heterocycles. The molecule has 0 bridgehead atoms. The highest BCUT2D eigenvalue weighted by molar-refractivity contribution is 9.10. The number of hydrogen-bond acceptors (Lipinski definition) is 6. The molecule has 34 heavy (non-hydrogen) atoms. The summed E-state index contributed by atoms with van der Waals surface area (Å²) < 4.78 is 6.14. The van der Waals surface area contributed by atoms with Crippen LogP contribution < -0.4 is 4.74 Å². The Bertz CT molecular complexity index is 1340. The summed E-state index contributed by atoms with van der Waals surface area (Å²) in [7, 11) is 1.64. The lowest BCUT2D eigenvalue weighted by Crippen LogP contribution is -2.26. The Kier molecular flexibility index (Phi) is 6.26. The van der Waals surface area contributed by atoms with E-state index in [0.717, 1.165) is 38.8 Å². The number of phenolic OH excluding ortho intramolecular Hbond substituents is 1. The molecule has 0 spiro atoms. The lowest BCUT2D eigenvalue weighted by atomic mass is 9.98. The van der Waals surface area contributed by atoms with Gasteiger partial charge in [-0.1, -0.05) is 58.4 Å². The number of nitrogens with zero attached hydrogens (tertiary/aromatic N) is 3. The Morgan fingerprint density at radius 1 is 1.12 bits per heavy atom. The van der Waals surface area contributed by atoms with Gasteiger partial charge in [-0.25, -0.2) is 5.01 Å². The van der Waals surface area contributed by atoms with Gasteiger partial charge in [-0.05, 0) is 59.3 Å². The Hall–Kier alpha value is -3.36. The number of aliphatic imine (C=N–C) groups is 1. The molecule has 0 radical (unpaired) electrons. The fourth-order valence-corrected chi connectivity index (χ4v) is 5.06. The van der Waals surface area contributed by atoms with Gasteiger partial charge in [0.15, 0.2) is 5.84 Å². The number of rotatable bonds is 4. The molecule has 5 rings (SSSR count). The lowest BCUT2D eigenvalue weighted by molar-refractivity contribution is 0.267. The summed E-state index contributed by atoms with van der Waals surface area (Å²) >= 11 is 4.47. The molecule has 3 aromatic rings. The van der Waals surface area contributed by atoms with Crippen molar-refractivity contribution in [3.63, 3.8) is 0 Å². The fourth-order valence-electron chi connectivity index (χ4n) is 3.94. The minimum absolute atomic E-state index is 0.122. The average Bonchev–Trinajstić information content (AvgIpc) is 3.45. The van der Waals surface area contributed by atoms with Gasteiger partial charge in [0, 0.05) is 16.5 Å². The zero-order valence-electron chi connectivity index (χ0n) is 18.2. The van der Waals surface area contributed by atoms with Crippen molar-refractivity contribution in [2.24, 2.45) is 10.1 Å². The van der Waals surface area contributed by atoms with E-state index in [1.807, 2.05) is 59.6 Å². The number of carbonyl (C=O) groups is 1. The van der Waals surface area contributed by atoms with Crippen molar-refractivity contribution in [3.8, 4) is 11.5 Å². The van der Waals surface area contributed by atoms with E-state index in [0.29, 0.717) is 22.7 Å². The number of amides is 1. The van der Waals surface area contributed by atoms with Gasteiger partial charge in [0.25, 0.3) is 0 Å². The highest BCUT2D eigenvalue weighted by atomic mass is 79.9. The molecular weight excluding hydrogens is 514 g/mol. The fraction of sp³-hybridized carbons (Fsp3) is 0.115. The van der Waals surface area contributed by atoms with Crippen LogP contribution in [0.15, 0.2) is 92.3 Å². The number of hydrazone groups is 1. The molecule has 170 valence electrons. The summed E-state index contributed by atoms with van der Waals surface area (Å²) in [6.45, 7) is 0. The number of ether oxygens (including phenoxy) is 1. The second-order valence-corrected chi connectivity index (χ2v) is 9.67. The monoisotopic (exact) mass is 533 g/mol. The number of amidine groups is 1. The zero-order valence-corrected chi connectivity index (χ0v) is 20.6. The lowest BCUT2D eigenvalue weighted by Gasteiger charge is -2.24. The zero-order chi connectivity index (χ0) is 23.7. The van der Waals surface area contributed by atoms with Gasteiger partial charge in [0.2, 0.25) is 0 Å². The molecule has 2 aliphatic heterocycles. The number of thioether (sulfide) groups is 1. The van der Waals surface area contributed by atoms with Crippen LogP contribution >= 0.6 is 27.7 Å². The Labute approximate surface area is 209 Å². The van der Waals surface area contributed by atoms with Crippen molar-refractivity contribution in [2.45, 2.75) is 12.5 Å². The van der Waals surface area contributed by atoms with E-state index in [-0.39, 0.29) is 17.0 Å². The Morgan fingerprint density at radius 3 is 2.62 bits per heavy atom. The summed E-state index contributed by atoms with van der Waals surface area (Å²) in [5.41, 5.74) is 3.56. The predicted molar refractivity (Wildman–Crippen MR) is 139 cm³/mol. The first-order chi connectivity index (χ1) is 16.5. The first-order valence-corrected chi connectivity index (χ1v) is 12.2. The summed E-state index contributed by atoms with van der Waals surface area (Å²) in [6.07, 6.45) is 2.43. The number of halogens is 1. The van der Waals surface area contributed by atoms with E-state index in [9.17, 15) is 9.90 Å². The third-order valence-corrected chi connectivity index (χ3v) is 6.91. The Morgan fingerprint density at radius 2 is 1.88 bits per heavy atom. The largest absolute Gasteiger partial charge is 0.507 e. The van der Waals surface area contributed by atoms with Gasteiger partial charge < -0.3 is 9.84 Å². The summed E-state index contributed by atoms with van der Waals surface area (Å²) in [5, 5.41) is 16.8. The molecule has 2 heterocycles. The normalized spacial score (nSPS) is 18.9. The van der Waals surface area contributed by atoms with Crippen LogP contribution in [0.5, 0.6) is 11.5 Å². The van der Waals surface area contributed by atoms with Crippen LogP contribution in [0, 0.1) is 0 Å². The van der Waals surface area contributed by atoms with Gasteiger partial charge in [0.1, 0.15) is 11.5 Å². The van der Waals surface area contributed by atoms with Crippen molar-refractivity contribution < 1.29 is 14.6 Å². The SMILES string of the molecule is COc1ccc(C2CC(c3ccccc3)=NN2C2=NC(=O)S/C2=C\c2cc(Br)ccc2O)cc1. The molecule has 1 unspecified atom stereocenters. The van der Waals surface area contributed by atoms with Gasteiger partial charge >= 0.3 is 5.24 Å². The molecule has 0 fully saturated rings. The predicted octanol–water partition coefficient (Wildman–Crippen LogP) is 6.62. The smallest absolute Gasteiger partial charge is 0.311 e. The van der Waals surface area contributed by atoms with E-state index < -0.39 is 0 Å². The van der Waals surface area contributed by atoms with Gasteiger partial charge in [-0.2, -0.15) is 10.1 Å². The first kappa shape index (κ1) is 22.4. The van der Waals surface area contributed by atoms with Crippen molar-refractivity contribution in [1.29, 1.82) is 0 Å². The number of benzene rings is 3. The topological polar surface area (TPSA) is 74.5 Å². The molecular formula is C26H20BrN3O3S. The molecule has 6 nitrogen and oxygen atoms in total. The summed E-state index contributed by atoms with van der Waals surface area (Å²) in [6, 6.07) is 22.9. The highest BCUT2D eigenvalue weighted by Crippen LogP contribution is 2.40. The second kappa shape index (κ2) is 9.48. The maximum absolute atomic E-state index is 12.4. The van der Waals surface area contributed by atoms with E-state index in [1.165, 1.54) is 0 Å². The highest BCUT2D eigenvalue weighted by Gasteiger charge is 2.37. The van der Waals surface area contributed by atoms with Crippen LogP contribution in [0.1, 0.15) is 29.2 Å². The summed E-state index contributed by atoms with van der Waals surface area (Å²) in [5.74, 6) is 1.37. The molecule has 2 aliphatic rings. The van der Waals surface area contributed by atoms with E-state index in [2.05, 4.69) is 20.9 Å². The first-order valence-electron chi connectivity index (χ1n) is 10.6. The van der Waals surface area contributed by atoms with E-state index in [4.69, 9.17) is 9.84 Å². The quantitative estimate of drug-likeness (QED) is 0.407. The molecule has 3 aromatic carbocycles. The third-order valence-electron chi connectivity index (χ3n) is 5.63. The van der Waals surface area contributed by atoms with Gasteiger partial charge in [0.05, 0.1) is 23.8 Å². The number of phenols is 1. The van der Waals surface area contributed by atoms with Crippen LogP contribution in [0.4, 0.5) is 4.79 Å². The Balaban J connectivity index is 1.58. The number of hydrogen-bond donors (Lipinski definition) is 1. The number of carbonyl (C=O) groups excluding carboxylic acids is 1.